The molecular formula is C20H26BrN2O2S+. The number of sulfonamides is 1. The van der Waals surface area contributed by atoms with Gasteiger partial charge in [0.05, 0.1) is 17.1 Å². The SMILES string of the molecule is CCCCCC[NH2+]C1c2ccccc2N(C)S(=O)(=O)c2cc(Br)ccc21. The summed E-state index contributed by atoms with van der Waals surface area (Å²) in [6.45, 7) is 3.19. The van der Waals surface area contributed by atoms with E-state index in [1.165, 1.54) is 23.6 Å². The van der Waals surface area contributed by atoms with E-state index in [1.54, 1.807) is 13.1 Å². The monoisotopic (exact) mass is 437 g/mol. The second kappa shape index (κ2) is 8.11. The molecule has 1 aliphatic rings. The Morgan fingerprint density at radius 2 is 1.85 bits per heavy atom. The Balaban J connectivity index is 2.07. The van der Waals surface area contributed by atoms with E-state index < -0.39 is 10.0 Å². The molecule has 1 atom stereocenters. The first kappa shape index (κ1) is 19.4. The topological polar surface area (TPSA) is 54.0 Å². The molecule has 26 heavy (non-hydrogen) atoms. The normalized spacial score (nSPS) is 18.1. The summed E-state index contributed by atoms with van der Waals surface area (Å²) in [6.07, 6.45) is 4.82. The molecular weight excluding hydrogens is 412 g/mol. The van der Waals surface area contributed by atoms with Crippen LogP contribution in [0.15, 0.2) is 51.8 Å². The molecule has 4 nitrogen and oxygen atoms in total. The van der Waals surface area contributed by atoms with Crippen LogP contribution in [0.25, 0.3) is 0 Å². The second-order valence-corrected chi connectivity index (χ2v) is 9.63. The Hall–Kier alpha value is -1.37. The lowest BCUT2D eigenvalue weighted by Crippen LogP contribution is -2.85. The average molecular weight is 438 g/mol. The highest BCUT2D eigenvalue weighted by Gasteiger charge is 2.36. The Morgan fingerprint density at radius 1 is 1.08 bits per heavy atom. The number of hydrogen-bond acceptors (Lipinski definition) is 2. The molecule has 6 heteroatoms. The van der Waals surface area contributed by atoms with Crippen molar-refractivity contribution in [3.63, 3.8) is 0 Å². The molecule has 0 aromatic heterocycles. The zero-order valence-corrected chi connectivity index (χ0v) is 17.7. The van der Waals surface area contributed by atoms with Gasteiger partial charge in [-0.25, -0.2) is 8.42 Å². The van der Waals surface area contributed by atoms with E-state index in [0.717, 1.165) is 34.3 Å². The van der Waals surface area contributed by atoms with Crippen LogP contribution in [0.1, 0.15) is 49.8 Å². The molecule has 1 unspecified atom stereocenters. The van der Waals surface area contributed by atoms with E-state index in [1.807, 2.05) is 36.4 Å². The zero-order valence-electron chi connectivity index (χ0n) is 15.3. The first-order valence-electron chi connectivity index (χ1n) is 9.17. The van der Waals surface area contributed by atoms with Crippen LogP contribution in [0.3, 0.4) is 0 Å². The molecule has 2 aromatic rings. The van der Waals surface area contributed by atoms with Crippen molar-refractivity contribution in [2.75, 3.05) is 17.9 Å². The standard InChI is InChI=1S/C20H25BrN2O2S/c1-3-4-5-8-13-22-20-16-9-6-7-10-18(16)23(2)26(24,25)19-14-15(21)11-12-17(19)20/h6-7,9-12,14,20,22H,3-5,8,13H2,1-2H3/p+1. The summed E-state index contributed by atoms with van der Waals surface area (Å²) in [6, 6.07) is 13.4. The number of nitrogens with zero attached hydrogens (tertiary/aromatic N) is 1. The van der Waals surface area contributed by atoms with Gasteiger partial charge in [0.2, 0.25) is 0 Å². The third-order valence-electron chi connectivity index (χ3n) is 5.02. The Bertz CT molecular complexity index is 883. The fraction of sp³-hybridized carbons (Fsp3) is 0.400. The van der Waals surface area contributed by atoms with E-state index in [2.05, 4.69) is 28.2 Å². The molecule has 0 bridgehead atoms. The smallest absolute Gasteiger partial charge is 0.264 e. The number of unbranched alkanes of at least 4 members (excludes halogenated alkanes) is 3. The highest BCUT2D eigenvalue weighted by molar-refractivity contribution is 9.10. The van der Waals surface area contributed by atoms with Gasteiger partial charge in [0.15, 0.2) is 0 Å². The largest absolute Gasteiger partial charge is 0.336 e. The number of fused-ring (bicyclic) bond motifs is 2. The molecule has 0 fully saturated rings. The number of para-hydroxylation sites is 1. The van der Waals surface area contributed by atoms with Crippen LogP contribution in [0, 0.1) is 0 Å². The lowest BCUT2D eigenvalue weighted by molar-refractivity contribution is -0.687. The van der Waals surface area contributed by atoms with Gasteiger partial charge in [0.1, 0.15) is 6.04 Å². The quantitative estimate of drug-likeness (QED) is 0.698. The minimum Gasteiger partial charge on any atom is -0.336 e. The molecule has 0 saturated carbocycles. The second-order valence-electron chi connectivity index (χ2n) is 6.78. The number of halogens is 1. The molecule has 0 spiro atoms. The summed E-state index contributed by atoms with van der Waals surface area (Å²) < 4.78 is 28.6. The number of quaternary nitrogens is 1. The lowest BCUT2D eigenvalue weighted by Gasteiger charge is -2.20. The maximum absolute atomic E-state index is 13.2. The fourth-order valence-electron chi connectivity index (χ4n) is 3.58. The molecule has 0 amide bonds. The molecule has 1 aliphatic heterocycles. The first-order chi connectivity index (χ1) is 12.5. The van der Waals surface area contributed by atoms with Crippen molar-refractivity contribution in [3.05, 3.63) is 58.1 Å². The van der Waals surface area contributed by atoms with Gasteiger partial charge in [-0.3, -0.25) is 4.31 Å². The van der Waals surface area contributed by atoms with Crippen LogP contribution >= 0.6 is 15.9 Å². The van der Waals surface area contributed by atoms with E-state index in [9.17, 15) is 8.42 Å². The van der Waals surface area contributed by atoms with Crippen LogP contribution in [-0.4, -0.2) is 22.0 Å². The van der Waals surface area contributed by atoms with Crippen molar-refractivity contribution >= 4 is 31.6 Å². The molecule has 0 saturated heterocycles. The van der Waals surface area contributed by atoms with Crippen LogP contribution in [-0.2, 0) is 10.0 Å². The van der Waals surface area contributed by atoms with Gasteiger partial charge in [0, 0.05) is 22.6 Å². The van der Waals surface area contributed by atoms with E-state index in [0.29, 0.717) is 4.90 Å². The summed E-state index contributed by atoms with van der Waals surface area (Å²) in [5.41, 5.74) is 2.67. The Morgan fingerprint density at radius 3 is 2.62 bits per heavy atom. The van der Waals surface area contributed by atoms with Crippen LogP contribution in [0.5, 0.6) is 0 Å². The van der Waals surface area contributed by atoms with Gasteiger partial charge >= 0.3 is 0 Å². The van der Waals surface area contributed by atoms with Gasteiger partial charge < -0.3 is 5.32 Å². The van der Waals surface area contributed by atoms with E-state index in [-0.39, 0.29) is 6.04 Å². The van der Waals surface area contributed by atoms with Gasteiger partial charge in [-0.1, -0.05) is 60.0 Å². The summed E-state index contributed by atoms with van der Waals surface area (Å²) in [5, 5.41) is 2.29. The number of anilines is 1. The van der Waals surface area contributed by atoms with Crippen molar-refractivity contribution in [1.82, 2.24) is 0 Å². The van der Waals surface area contributed by atoms with Crippen LogP contribution < -0.4 is 9.62 Å². The third kappa shape index (κ3) is 3.68. The number of benzene rings is 2. The maximum atomic E-state index is 13.2. The maximum Gasteiger partial charge on any atom is 0.264 e. The summed E-state index contributed by atoms with van der Waals surface area (Å²) in [4.78, 5) is 0.389. The van der Waals surface area contributed by atoms with Gasteiger partial charge in [-0.05, 0) is 31.0 Å². The first-order valence-corrected chi connectivity index (χ1v) is 11.4. The average Bonchev–Trinajstić information content (AvgIpc) is 2.70. The fourth-order valence-corrected chi connectivity index (χ4v) is 5.58. The molecule has 140 valence electrons. The van der Waals surface area contributed by atoms with Gasteiger partial charge in [-0.15, -0.1) is 0 Å². The minimum atomic E-state index is -3.58. The molecule has 1 heterocycles. The predicted molar refractivity (Wildman–Crippen MR) is 109 cm³/mol. The molecule has 3 rings (SSSR count). The third-order valence-corrected chi connectivity index (χ3v) is 7.34. The number of hydrogen-bond donors (Lipinski definition) is 1. The van der Waals surface area contributed by atoms with Crippen molar-refractivity contribution < 1.29 is 13.7 Å². The summed E-state index contributed by atoms with van der Waals surface area (Å²) in [5.74, 6) is 0. The Kier molecular flexibility index (Phi) is 6.05. The predicted octanol–water partition coefficient (Wildman–Crippen LogP) is 3.82. The van der Waals surface area contributed by atoms with Gasteiger partial charge in [-0.2, -0.15) is 0 Å². The van der Waals surface area contributed by atoms with Gasteiger partial charge in [0.25, 0.3) is 10.0 Å². The summed E-state index contributed by atoms with van der Waals surface area (Å²) in [7, 11) is -1.94. The molecule has 2 N–H and O–H groups in total. The summed E-state index contributed by atoms with van der Waals surface area (Å²) >= 11 is 3.43. The highest BCUT2D eigenvalue weighted by atomic mass is 79.9. The van der Waals surface area contributed by atoms with Crippen molar-refractivity contribution in [1.29, 1.82) is 0 Å². The Labute approximate surface area is 164 Å². The van der Waals surface area contributed by atoms with Crippen LogP contribution in [0.4, 0.5) is 5.69 Å². The molecule has 2 aromatic carbocycles. The highest BCUT2D eigenvalue weighted by Crippen LogP contribution is 2.39. The van der Waals surface area contributed by atoms with Crippen LogP contribution in [0.2, 0.25) is 0 Å². The number of rotatable bonds is 6. The lowest BCUT2D eigenvalue weighted by atomic mass is 9.96. The van der Waals surface area contributed by atoms with E-state index in [4.69, 9.17) is 0 Å². The van der Waals surface area contributed by atoms with E-state index >= 15 is 0 Å². The zero-order chi connectivity index (χ0) is 18.7. The molecule has 0 radical (unpaired) electrons. The van der Waals surface area contributed by atoms with Crippen molar-refractivity contribution in [3.8, 4) is 0 Å². The number of nitrogens with two attached hydrogens (primary N) is 1. The molecule has 0 aliphatic carbocycles. The minimum absolute atomic E-state index is 0.0179. The van der Waals surface area contributed by atoms with Crippen molar-refractivity contribution in [2.45, 2.75) is 43.5 Å². The van der Waals surface area contributed by atoms with Crippen molar-refractivity contribution in [2.24, 2.45) is 0 Å².